The van der Waals surface area contributed by atoms with Crippen LogP contribution in [0.15, 0.2) is 41.1 Å². The summed E-state index contributed by atoms with van der Waals surface area (Å²) in [4.78, 5) is 11.3. The van der Waals surface area contributed by atoms with E-state index in [9.17, 15) is 9.90 Å². The number of carboxylic acids is 1. The summed E-state index contributed by atoms with van der Waals surface area (Å²) in [6.45, 7) is 0.650. The SMILES string of the molecule is O=C(O)c1conc1[C@H](O[C@H]1CCCCO1)c1ccccc1. The van der Waals surface area contributed by atoms with Gasteiger partial charge in [-0.05, 0) is 24.8 Å². The lowest BCUT2D eigenvalue weighted by atomic mass is 10.0. The highest BCUT2D eigenvalue weighted by molar-refractivity contribution is 5.88. The molecule has 3 rings (SSSR count). The summed E-state index contributed by atoms with van der Waals surface area (Å²) >= 11 is 0. The molecular formula is C16H17NO5. The molecular weight excluding hydrogens is 286 g/mol. The van der Waals surface area contributed by atoms with Gasteiger partial charge in [0.05, 0.1) is 0 Å². The Kier molecular flexibility index (Phi) is 4.50. The van der Waals surface area contributed by atoms with Crippen LogP contribution >= 0.6 is 0 Å². The van der Waals surface area contributed by atoms with Crippen molar-refractivity contribution < 1.29 is 23.9 Å². The molecule has 2 heterocycles. The van der Waals surface area contributed by atoms with Gasteiger partial charge in [-0.25, -0.2) is 4.79 Å². The first-order valence-corrected chi connectivity index (χ1v) is 7.25. The fraction of sp³-hybridized carbons (Fsp3) is 0.375. The lowest BCUT2D eigenvalue weighted by Gasteiger charge is -2.27. The Hall–Kier alpha value is -2.18. The molecule has 6 heteroatoms. The van der Waals surface area contributed by atoms with Crippen LogP contribution in [0, 0.1) is 0 Å². The van der Waals surface area contributed by atoms with Gasteiger partial charge in [0.1, 0.15) is 23.6 Å². The third-order valence-electron chi connectivity index (χ3n) is 3.60. The van der Waals surface area contributed by atoms with E-state index in [4.69, 9.17) is 14.0 Å². The molecule has 0 bridgehead atoms. The van der Waals surface area contributed by atoms with Gasteiger partial charge in [0.25, 0.3) is 0 Å². The van der Waals surface area contributed by atoms with Crippen LogP contribution in [0.3, 0.4) is 0 Å². The summed E-state index contributed by atoms with van der Waals surface area (Å²) in [7, 11) is 0. The van der Waals surface area contributed by atoms with Gasteiger partial charge in [-0.2, -0.15) is 0 Å². The number of aromatic nitrogens is 1. The minimum absolute atomic E-state index is 0.00432. The van der Waals surface area contributed by atoms with Crippen LogP contribution < -0.4 is 0 Å². The minimum Gasteiger partial charge on any atom is -0.478 e. The third kappa shape index (κ3) is 3.18. The number of aromatic carboxylic acids is 1. The number of ether oxygens (including phenoxy) is 2. The van der Waals surface area contributed by atoms with Crippen LogP contribution in [0.2, 0.25) is 0 Å². The second-order valence-electron chi connectivity index (χ2n) is 5.14. The zero-order chi connectivity index (χ0) is 15.4. The summed E-state index contributed by atoms with van der Waals surface area (Å²) in [6.07, 6.45) is 2.95. The van der Waals surface area contributed by atoms with Crippen LogP contribution in [0.4, 0.5) is 0 Å². The van der Waals surface area contributed by atoms with E-state index < -0.39 is 12.1 Å². The van der Waals surface area contributed by atoms with E-state index in [1.54, 1.807) is 0 Å². The van der Waals surface area contributed by atoms with Crippen molar-refractivity contribution in [2.24, 2.45) is 0 Å². The monoisotopic (exact) mass is 303 g/mol. The quantitative estimate of drug-likeness (QED) is 0.914. The van der Waals surface area contributed by atoms with Gasteiger partial charge >= 0.3 is 5.97 Å². The van der Waals surface area contributed by atoms with E-state index in [-0.39, 0.29) is 17.5 Å². The molecule has 2 atom stereocenters. The van der Waals surface area contributed by atoms with Gasteiger partial charge in [0.2, 0.25) is 0 Å². The summed E-state index contributed by atoms with van der Waals surface area (Å²) < 4.78 is 16.5. The summed E-state index contributed by atoms with van der Waals surface area (Å²) in [5, 5.41) is 13.1. The molecule has 116 valence electrons. The highest BCUT2D eigenvalue weighted by Crippen LogP contribution is 2.31. The Bertz CT molecular complexity index is 618. The Labute approximate surface area is 127 Å². The number of benzene rings is 1. The highest BCUT2D eigenvalue weighted by Gasteiger charge is 2.29. The fourth-order valence-electron chi connectivity index (χ4n) is 2.49. The molecule has 0 spiro atoms. The molecule has 1 N–H and O–H groups in total. The molecule has 1 fully saturated rings. The molecule has 0 radical (unpaired) electrons. The maximum atomic E-state index is 11.3. The minimum atomic E-state index is -1.09. The summed E-state index contributed by atoms with van der Waals surface area (Å²) in [6, 6.07) is 9.36. The first-order chi connectivity index (χ1) is 10.8. The van der Waals surface area contributed by atoms with Crippen molar-refractivity contribution >= 4 is 5.97 Å². The van der Waals surface area contributed by atoms with Gasteiger partial charge in [-0.1, -0.05) is 35.5 Å². The molecule has 0 saturated carbocycles. The van der Waals surface area contributed by atoms with Gasteiger partial charge in [-0.3, -0.25) is 0 Å². The predicted octanol–water partition coefficient (Wildman–Crippen LogP) is 3.01. The van der Waals surface area contributed by atoms with E-state index in [2.05, 4.69) is 5.16 Å². The predicted molar refractivity (Wildman–Crippen MR) is 76.4 cm³/mol. The first-order valence-electron chi connectivity index (χ1n) is 7.25. The normalized spacial score (nSPS) is 19.7. The van der Waals surface area contributed by atoms with E-state index in [0.29, 0.717) is 6.61 Å². The van der Waals surface area contributed by atoms with E-state index in [1.165, 1.54) is 0 Å². The average molecular weight is 303 g/mol. The van der Waals surface area contributed by atoms with Crippen molar-refractivity contribution in [2.45, 2.75) is 31.7 Å². The lowest BCUT2D eigenvalue weighted by molar-refractivity contribution is -0.182. The molecule has 6 nitrogen and oxygen atoms in total. The second-order valence-corrected chi connectivity index (χ2v) is 5.14. The lowest BCUT2D eigenvalue weighted by Crippen LogP contribution is -2.25. The number of hydrogen-bond donors (Lipinski definition) is 1. The second kappa shape index (κ2) is 6.72. The molecule has 1 aromatic carbocycles. The smallest absolute Gasteiger partial charge is 0.341 e. The molecule has 1 aliphatic rings. The number of rotatable bonds is 5. The Morgan fingerprint density at radius 3 is 2.82 bits per heavy atom. The standard InChI is InChI=1S/C16H17NO5/c18-16(19)12-10-21-17-14(12)15(11-6-2-1-3-7-11)22-13-8-4-5-9-20-13/h1-3,6-7,10,13,15H,4-5,8-9H2,(H,18,19)/t13-,15+/m0/s1. The number of carboxylic acid groups (broad SMARTS) is 1. The summed E-state index contributed by atoms with van der Waals surface area (Å²) in [5.74, 6) is -1.09. The van der Waals surface area contributed by atoms with Gasteiger partial charge in [0.15, 0.2) is 6.29 Å². The number of hydrogen-bond acceptors (Lipinski definition) is 5. The van der Waals surface area contributed by atoms with Crippen molar-refractivity contribution in [1.82, 2.24) is 5.16 Å². The molecule has 1 aromatic heterocycles. The zero-order valence-corrected chi connectivity index (χ0v) is 12.0. The first kappa shape index (κ1) is 14.7. The van der Waals surface area contributed by atoms with Gasteiger partial charge in [-0.15, -0.1) is 0 Å². The zero-order valence-electron chi connectivity index (χ0n) is 12.0. The van der Waals surface area contributed by atoms with Crippen LogP contribution in [-0.4, -0.2) is 29.1 Å². The van der Waals surface area contributed by atoms with Crippen LogP contribution in [0.1, 0.15) is 47.0 Å². The largest absolute Gasteiger partial charge is 0.478 e. The molecule has 1 saturated heterocycles. The topological polar surface area (TPSA) is 81.8 Å². The summed E-state index contributed by atoms with van der Waals surface area (Å²) in [5.41, 5.74) is 1.07. The van der Waals surface area contributed by atoms with E-state index in [1.807, 2.05) is 30.3 Å². The molecule has 1 aliphatic heterocycles. The van der Waals surface area contributed by atoms with E-state index in [0.717, 1.165) is 31.1 Å². The van der Waals surface area contributed by atoms with Crippen molar-refractivity contribution in [2.75, 3.05) is 6.61 Å². The maximum absolute atomic E-state index is 11.3. The van der Waals surface area contributed by atoms with Crippen LogP contribution in [0.5, 0.6) is 0 Å². The number of nitrogens with zero attached hydrogens (tertiary/aromatic N) is 1. The van der Waals surface area contributed by atoms with Gasteiger partial charge in [0, 0.05) is 6.61 Å². The average Bonchev–Trinajstić information content (AvgIpc) is 3.04. The van der Waals surface area contributed by atoms with E-state index >= 15 is 0 Å². The highest BCUT2D eigenvalue weighted by atomic mass is 16.7. The van der Waals surface area contributed by atoms with Crippen LogP contribution in [-0.2, 0) is 9.47 Å². The molecule has 22 heavy (non-hydrogen) atoms. The molecule has 0 aliphatic carbocycles. The number of carbonyl (C=O) groups is 1. The van der Waals surface area contributed by atoms with Crippen molar-refractivity contribution in [1.29, 1.82) is 0 Å². The van der Waals surface area contributed by atoms with Crippen molar-refractivity contribution in [3.05, 3.63) is 53.4 Å². The molecule has 2 aromatic rings. The Morgan fingerprint density at radius 2 is 2.14 bits per heavy atom. The Balaban J connectivity index is 1.92. The van der Waals surface area contributed by atoms with Crippen molar-refractivity contribution in [3.8, 4) is 0 Å². The molecule has 0 unspecified atom stereocenters. The van der Waals surface area contributed by atoms with Gasteiger partial charge < -0.3 is 19.1 Å². The van der Waals surface area contributed by atoms with Crippen LogP contribution in [0.25, 0.3) is 0 Å². The molecule has 0 amide bonds. The third-order valence-corrected chi connectivity index (χ3v) is 3.60. The van der Waals surface area contributed by atoms with Crippen molar-refractivity contribution in [3.63, 3.8) is 0 Å². The Morgan fingerprint density at radius 1 is 1.32 bits per heavy atom. The maximum Gasteiger partial charge on any atom is 0.341 e. The fourth-order valence-corrected chi connectivity index (χ4v) is 2.49.